The lowest BCUT2D eigenvalue weighted by molar-refractivity contribution is -0.113. The van der Waals surface area contributed by atoms with Crippen LogP contribution in [0.25, 0.3) is 0 Å². The molecule has 0 aliphatic carbocycles. The molecule has 26 heavy (non-hydrogen) atoms. The fourth-order valence-electron chi connectivity index (χ4n) is 2.62. The Bertz CT molecular complexity index is 839. The molecule has 7 heteroatoms. The lowest BCUT2D eigenvalue weighted by atomic mass is 10.1. The van der Waals surface area contributed by atoms with Gasteiger partial charge in [-0.2, -0.15) is 0 Å². The van der Waals surface area contributed by atoms with Crippen LogP contribution in [0.15, 0.2) is 53.9 Å². The Morgan fingerprint density at radius 1 is 1.15 bits per heavy atom. The van der Waals surface area contributed by atoms with Crippen molar-refractivity contribution in [2.75, 3.05) is 11.1 Å². The summed E-state index contributed by atoms with van der Waals surface area (Å²) in [5, 5.41) is 11.9. The van der Waals surface area contributed by atoms with Crippen molar-refractivity contribution in [2.24, 2.45) is 0 Å². The lowest BCUT2D eigenvalue weighted by Gasteiger charge is -2.09. The zero-order chi connectivity index (χ0) is 18.4. The summed E-state index contributed by atoms with van der Waals surface area (Å²) in [5.74, 6) is 0.986. The second kappa shape index (κ2) is 8.71. The van der Waals surface area contributed by atoms with Crippen molar-refractivity contribution in [3.63, 3.8) is 0 Å². The van der Waals surface area contributed by atoms with E-state index in [0.717, 1.165) is 17.9 Å². The van der Waals surface area contributed by atoms with Crippen LogP contribution in [-0.2, 0) is 11.2 Å². The molecule has 0 aliphatic rings. The minimum atomic E-state index is -0.0592. The van der Waals surface area contributed by atoms with E-state index in [1.807, 2.05) is 52.9 Å². The number of aromatic nitrogens is 4. The molecule has 0 bridgehead atoms. The summed E-state index contributed by atoms with van der Waals surface area (Å²) in [6.07, 6.45) is 7.28. The average Bonchev–Trinajstić information content (AvgIpc) is 3.28. The molecule has 0 radical (unpaired) electrons. The van der Waals surface area contributed by atoms with Gasteiger partial charge < -0.3 is 5.32 Å². The van der Waals surface area contributed by atoms with Gasteiger partial charge in [0.1, 0.15) is 0 Å². The summed E-state index contributed by atoms with van der Waals surface area (Å²) in [5.41, 5.74) is 2.12. The molecule has 1 N–H and O–H groups in total. The highest BCUT2D eigenvalue weighted by molar-refractivity contribution is 7.99. The highest BCUT2D eigenvalue weighted by Gasteiger charge is 2.13. The number of nitrogens with zero attached hydrogens (tertiary/aromatic N) is 4. The molecule has 3 rings (SSSR count). The van der Waals surface area contributed by atoms with Crippen LogP contribution >= 0.6 is 11.8 Å². The highest BCUT2D eigenvalue weighted by atomic mass is 32.2. The Hall–Kier alpha value is -2.54. The summed E-state index contributed by atoms with van der Waals surface area (Å²) in [7, 11) is 0. The number of thioether (sulfide) groups is 1. The van der Waals surface area contributed by atoms with Gasteiger partial charge in [0.25, 0.3) is 0 Å². The van der Waals surface area contributed by atoms with Crippen molar-refractivity contribution in [3.05, 3.63) is 60.2 Å². The van der Waals surface area contributed by atoms with E-state index in [-0.39, 0.29) is 11.7 Å². The van der Waals surface area contributed by atoms with Crippen LogP contribution in [0.4, 0.5) is 5.69 Å². The number of carbonyl (C=O) groups excluding carboxylic acids is 1. The first-order chi connectivity index (χ1) is 12.7. The number of amides is 1. The molecule has 1 aromatic carbocycles. The van der Waals surface area contributed by atoms with E-state index in [0.29, 0.717) is 5.16 Å². The maximum Gasteiger partial charge on any atom is 0.234 e. The molecular weight excluding hydrogens is 346 g/mol. The predicted octanol–water partition coefficient (Wildman–Crippen LogP) is 3.77. The second-order valence-corrected chi connectivity index (χ2v) is 6.98. The van der Waals surface area contributed by atoms with E-state index < -0.39 is 0 Å². The van der Waals surface area contributed by atoms with Crippen LogP contribution in [0, 0.1) is 6.92 Å². The zero-order valence-corrected chi connectivity index (χ0v) is 15.9. The Morgan fingerprint density at radius 2 is 1.88 bits per heavy atom. The number of rotatable bonds is 8. The number of unbranched alkanes of at least 4 members (excludes halogenated alkanes) is 1. The predicted molar refractivity (Wildman–Crippen MR) is 104 cm³/mol. The summed E-state index contributed by atoms with van der Waals surface area (Å²) >= 11 is 1.36. The molecule has 0 unspecified atom stereocenters. The third kappa shape index (κ3) is 4.54. The molecule has 0 aliphatic heterocycles. The van der Waals surface area contributed by atoms with Crippen LogP contribution in [0.3, 0.4) is 0 Å². The van der Waals surface area contributed by atoms with E-state index in [9.17, 15) is 4.79 Å². The second-order valence-electron chi connectivity index (χ2n) is 6.04. The van der Waals surface area contributed by atoms with Gasteiger partial charge in [-0.1, -0.05) is 37.2 Å². The van der Waals surface area contributed by atoms with Gasteiger partial charge >= 0.3 is 0 Å². The first-order valence-electron chi connectivity index (χ1n) is 8.74. The Labute approximate surface area is 157 Å². The molecule has 0 spiro atoms. The zero-order valence-electron chi connectivity index (χ0n) is 15.1. The average molecular weight is 369 g/mol. The van der Waals surface area contributed by atoms with Crippen molar-refractivity contribution in [1.82, 2.24) is 19.5 Å². The standard InChI is InChI=1S/C19H23N5OS/c1-3-4-7-16-8-10-17(11-9-16)20-18(25)14-26-19-22-21-15(2)24(19)23-12-5-6-13-23/h5-6,8-13H,3-4,7,14H2,1-2H3,(H,20,25). The van der Waals surface area contributed by atoms with Gasteiger partial charge in [-0.3, -0.25) is 9.47 Å². The fraction of sp³-hybridized carbons (Fsp3) is 0.316. The number of nitrogens with one attached hydrogen (secondary N) is 1. The molecule has 6 nitrogen and oxygen atoms in total. The van der Waals surface area contributed by atoms with Gasteiger partial charge in [0, 0.05) is 18.1 Å². The quantitative estimate of drug-likeness (QED) is 0.614. The maximum absolute atomic E-state index is 12.3. The van der Waals surface area contributed by atoms with E-state index in [2.05, 4.69) is 34.6 Å². The van der Waals surface area contributed by atoms with Gasteiger partial charge in [-0.05, 0) is 49.6 Å². The molecule has 136 valence electrons. The molecule has 2 heterocycles. The number of carbonyl (C=O) groups is 1. The van der Waals surface area contributed by atoms with Gasteiger partial charge in [-0.15, -0.1) is 10.2 Å². The van der Waals surface area contributed by atoms with Crippen molar-refractivity contribution < 1.29 is 4.79 Å². The molecule has 1 amide bonds. The monoisotopic (exact) mass is 369 g/mol. The first kappa shape index (κ1) is 18.3. The van der Waals surface area contributed by atoms with Crippen LogP contribution in [0.2, 0.25) is 0 Å². The van der Waals surface area contributed by atoms with Crippen LogP contribution < -0.4 is 5.32 Å². The molecular formula is C19H23N5OS. The van der Waals surface area contributed by atoms with Gasteiger partial charge in [0.05, 0.1) is 5.75 Å². The molecule has 3 aromatic rings. The van der Waals surface area contributed by atoms with E-state index in [4.69, 9.17) is 0 Å². The number of aryl methyl sites for hydroxylation is 2. The number of benzene rings is 1. The number of anilines is 1. The topological polar surface area (TPSA) is 64.7 Å². The summed E-state index contributed by atoms with van der Waals surface area (Å²) in [4.78, 5) is 12.3. The third-order valence-corrected chi connectivity index (χ3v) is 4.90. The summed E-state index contributed by atoms with van der Waals surface area (Å²) < 4.78 is 3.77. The highest BCUT2D eigenvalue weighted by Crippen LogP contribution is 2.18. The summed E-state index contributed by atoms with van der Waals surface area (Å²) in [6.45, 7) is 4.07. The van der Waals surface area contributed by atoms with E-state index in [1.165, 1.54) is 30.2 Å². The van der Waals surface area contributed by atoms with Crippen LogP contribution in [0.5, 0.6) is 0 Å². The largest absolute Gasteiger partial charge is 0.325 e. The third-order valence-electron chi connectivity index (χ3n) is 3.98. The molecule has 2 aromatic heterocycles. The van der Waals surface area contributed by atoms with E-state index in [1.54, 1.807) is 0 Å². The van der Waals surface area contributed by atoms with Gasteiger partial charge in [0.15, 0.2) is 5.82 Å². The molecule has 0 saturated heterocycles. The SMILES string of the molecule is CCCCc1ccc(NC(=O)CSc2nnc(C)n2-n2cccc2)cc1. The van der Waals surface area contributed by atoms with E-state index >= 15 is 0 Å². The fourth-order valence-corrected chi connectivity index (χ4v) is 3.40. The maximum atomic E-state index is 12.3. The minimum Gasteiger partial charge on any atom is -0.325 e. The van der Waals surface area contributed by atoms with Crippen molar-refractivity contribution >= 4 is 23.4 Å². The first-order valence-corrected chi connectivity index (χ1v) is 9.73. The lowest BCUT2D eigenvalue weighted by Crippen LogP contribution is -2.15. The molecule has 0 atom stereocenters. The van der Waals surface area contributed by atoms with Crippen LogP contribution in [-0.4, -0.2) is 31.2 Å². The Balaban J connectivity index is 1.57. The molecule has 0 fully saturated rings. The van der Waals surface area contributed by atoms with Crippen molar-refractivity contribution in [3.8, 4) is 0 Å². The minimum absolute atomic E-state index is 0.0592. The smallest absolute Gasteiger partial charge is 0.234 e. The Morgan fingerprint density at radius 3 is 2.58 bits per heavy atom. The van der Waals surface area contributed by atoms with Gasteiger partial charge in [-0.25, -0.2) is 4.68 Å². The Kier molecular flexibility index (Phi) is 6.12. The van der Waals surface area contributed by atoms with Crippen molar-refractivity contribution in [2.45, 2.75) is 38.3 Å². The normalized spacial score (nSPS) is 10.8. The van der Waals surface area contributed by atoms with Crippen molar-refractivity contribution in [1.29, 1.82) is 0 Å². The van der Waals surface area contributed by atoms with Gasteiger partial charge in [0.2, 0.25) is 11.1 Å². The molecule has 0 saturated carbocycles. The number of hydrogen-bond donors (Lipinski definition) is 1. The summed E-state index contributed by atoms with van der Waals surface area (Å²) in [6, 6.07) is 11.9. The number of hydrogen-bond acceptors (Lipinski definition) is 4. The van der Waals surface area contributed by atoms with Crippen LogP contribution in [0.1, 0.15) is 31.2 Å².